The molecule has 0 amide bonds. The van der Waals surface area contributed by atoms with Crippen LogP contribution in [-0.2, 0) is 32.5 Å². The van der Waals surface area contributed by atoms with Crippen molar-refractivity contribution in [1.82, 2.24) is 9.97 Å². The van der Waals surface area contributed by atoms with Crippen molar-refractivity contribution < 1.29 is 32.5 Å². The molecule has 1 rings (SSSR count). The zero-order valence-corrected chi connectivity index (χ0v) is 30.1. The van der Waals surface area contributed by atoms with Gasteiger partial charge in [-0.15, -0.1) is 0 Å². The zero-order chi connectivity index (χ0) is 32.3. The predicted molar refractivity (Wildman–Crippen MR) is 175 cm³/mol. The van der Waals surface area contributed by atoms with E-state index in [4.69, 9.17) is 24.0 Å². The number of anilines is 2. The summed E-state index contributed by atoms with van der Waals surface area (Å²) in [6, 6.07) is 0. The molecule has 1 aromatic rings. The van der Waals surface area contributed by atoms with Crippen molar-refractivity contribution in [1.29, 1.82) is 0 Å². The third-order valence-electron chi connectivity index (χ3n) is 5.61. The van der Waals surface area contributed by atoms with Crippen molar-refractivity contribution in [3.63, 3.8) is 0 Å². The van der Waals surface area contributed by atoms with Crippen LogP contribution in [0.1, 0.15) is 65.3 Å². The molecule has 0 radical (unpaired) electrons. The maximum Gasteiger partial charge on any atom is 0.474 e. The molecule has 2 unspecified atom stereocenters. The molecule has 0 saturated carbocycles. The average molecular weight is 718 g/mol. The van der Waals surface area contributed by atoms with E-state index < -0.39 is 24.8 Å². The molecule has 1 heterocycles. The van der Waals surface area contributed by atoms with Crippen molar-refractivity contribution in [3.05, 3.63) is 15.9 Å². The Hall–Kier alpha value is -0.930. The minimum Gasteiger partial charge on any atom is -0.379 e. The van der Waals surface area contributed by atoms with E-state index in [2.05, 4.69) is 25.9 Å². The number of nitrogens with two attached hydrogens (primary N) is 1. The second-order valence-corrected chi connectivity index (χ2v) is 16.7. The molecule has 2 atom stereocenters. The Morgan fingerprint density at radius 2 is 1.55 bits per heavy atom. The maximum absolute atomic E-state index is 13.5. The van der Waals surface area contributed by atoms with E-state index in [1.807, 2.05) is 48.5 Å². The summed E-state index contributed by atoms with van der Waals surface area (Å²) < 4.78 is 35.7. The Balaban J connectivity index is 2.85. The second kappa shape index (κ2) is 17.5. The monoisotopic (exact) mass is 716 g/mol. The molecule has 0 fully saturated rings. The van der Waals surface area contributed by atoms with Gasteiger partial charge < -0.3 is 15.4 Å². The highest BCUT2D eigenvalue weighted by molar-refractivity contribution is 9.09. The fourth-order valence-electron chi connectivity index (χ4n) is 3.14. The van der Waals surface area contributed by atoms with Gasteiger partial charge in [-0.2, -0.15) is 4.98 Å². The highest BCUT2D eigenvalue weighted by Crippen LogP contribution is 2.50. The molecule has 0 aromatic carbocycles. The van der Waals surface area contributed by atoms with Gasteiger partial charge in [0.1, 0.15) is 5.82 Å². The molecule has 0 aliphatic carbocycles. The summed E-state index contributed by atoms with van der Waals surface area (Å²) in [5.41, 5.74) is 4.84. The molecular formula is C26H46BrN4O8PS2. The Kier molecular flexibility index (Phi) is 16.3. The number of aromatic nitrogens is 2. The van der Waals surface area contributed by atoms with Crippen LogP contribution in [0.25, 0.3) is 0 Å². The van der Waals surface area contributed by atoms with Gasteiger partial charge in [0.15, 0.2) is 10.2 Å². The van der Waals surface area contributed by atoms with Crippen LogP contribution in [0.3, 0.4) is 0 Å². The summed E-state index contributed by atoms with van der Waals surface area (Å²) >= 11 is 5.60. The van der Waals surface area contributed by atoms with Gasteiger partial charge in [0.05, 0.1) is 31.5 Å². The summed E-state index contributed by atoms with van der Waals surface area (Å²) in [5.74, 6) is 0.968. The number of nitrogen functional groups attached to an aromatic ring is 1. The van der Waals surface area contributed by atoms with Crippen LogP contribution in [0.2, 0.25) is 0 Å². The lowest BCUT2D eigenvalue weighted by Crippen LogP contribution is -2.30. The lowest BCUT2D eigenvalue weighted by atomic mass is 9.99. The minimum atomic E-state index is -4.05. The fraction of sp³-hybridized carbons (Fsp3) is 0.769. The minimum absolute atomic E-state index is 0.00494. The van der Waals surface area contributed by atoms with Gasteiger partial charge in [-0.05, 0) is 13.3 Å². The van der Waals surface area contributed by atoms with Crippen LogP contribution in [0.15, 0.2) is 4.79 Å². The number of carbonyl (C=O) groups excluding carboxylic acids is 2. The standard InChI is InChI=1S/C26H46BrN4O8PS2/c1-17(27)19-20(29-24(28)30-21(19)32)31(8)11-10-18(36-9)16-39-40(35,37-12-14-41-22(33)25(2,3)4)38-13-15-42-23(34)26(5,6)7/h17-18H,10-16H2,1-9H3,(H3,28,29,30,32). The van der Waals surface area contributed by atoms with Gasteiger partial charge in [-0.3, -0.25) is 32.9 Å². The molecule has 0 aliphatic rings. The van der Waals surface area contributed by atoms with Gasteiger partial charge in [0, 0.05) is 47.9 Å². The first-order valence-electron chi connectivity index (χ1n) is 13.5. The molecule has 0 saturated heterocycles. The number of ether oxygens (including phenoxy) is 1. The molecule has 16 heteroatoms. The van der Waals surface area contributed by atoms with Gasteiger partial charge in [0.25, 0.3) is 5.56 Å². The molecule has 12 nitrogen and oxygen atoms in total. The van der Waals surface area contributed by atoms with Gasteiger partial charge >= 0.3 is 7.82 Å². The fourth-order valence-corrected chi connectivity index (χ4v) is 6.57. The van der Waals surface area contributed by atoms with Gasteiger partial charge in [0.2, 0.25) is 5.95 Å². The first kappa shape index (κ1) is 39.1. The summed E-state index contributed by atoms with van der Waals surface area (Å²) in [7, 11) is -0.775. The third-order valence-corrected chi connectivity index (χ3v) is 10.0. The zero-order valence-electron chi connectivity index (χ0n) is 26.0. The van der Waals surface area contributed by atoms with Crippen LogP contribution in [-0.4, -0.2) is 78.3 Å². The van der Waals surface area contributed by atoms with Crippen LogP contribution in [0.4, 0.5) is 11.8 Å². The van der Waals surface area contributed by atoms with Crippen LogP contribution >= 0.6 is 47.3 Å². The number of alkyl halides is 1. The molecule has 0 aliphatic heterocycles. The van der Waals surface area contributed by atoms with Gasteiger partial charge in [-0.1, -0.05) is 81.0 Å². The number of carbonyl (C=O) groups is 2. The Morgan fingerprint density at radius 3 is 1.98 bits per heavy atom. The average Bonchev–Trinajstić information content (AvgIpc) is 2.87. The number of hydrogen-bond acceptors (Lipinski definition) is 13. The van der Waals surface area contributed by atoms with Crippen molar-refractivity contribution >= 4 is 69.3 Å². The Morgan fingerprint density at radius 1 is 1.05 bits per heavy atom. The largest absolute Gasteiger partial charge is 0.474 e. The SMILES string of the molecule is COC(CCN(C)c1nc(N)[nH]c(=O)c1C(C)Br)COP(=O)(OCCSC(=O)C(C)(C)C)OCCSC(=O)C(C)(C)C. The number of methoxy groups -OCH3 is 1. The number of nitrogens with zero attached hydrogens (tertiary/aromatic N) is 2. The number of aromatic amines is 1. The number of halogens is 1. The van der Waals surface area contributed by atoms with E-state index in [1.165, 1.54) is 7.11 Å². The quantitative estimate of drug-likeness (QED) is 0.119. The topological polar surface area (TPSA) is 163 Å². The molecule has 1 aromatic heterocycles. The number of thioether (sulfide) groups is 2. The first-order valence-corrected chi connectivity index (χ1v) is 17.8. The number of H-pyrrole nitrogens is 1. The van der Waals surface area contributed by atoms with Crippen molar-refractivity contribution in [2.45, 2.75) is 65.8 Å². The first-order chi connectivity index (χ1) is 19.3. The number of nitrogens with one attached hydrogen (secondary N) is 1. The maximum atomic E-state index is 13.5. The molecule has 42 heavy (non-hydrogen) atoms. The van der Waals surface area contributed by atoms with Crippen LogP contribution in [0, 0.1) is 10.8 Å². The Bertz CT molecular complexity index is 1100. The van der Waals surface area contributed by atoms with E-state index in [1.54, 1.807) is 11.9 Å². The molecule has 0 bridgehead atoms. The predicted octanol–water partition coefficient (Wildman–Crippen LogP) is 5.42. The van der Waals surface area contributed by atoms with E-state index in [0.717, 1.165) is 23.5 Å². The van der Waals surface area contributed by atoms with E-state index >= 15 is 0 Å². The highest BCUT2D eigenvalue weighted by atomic mass is 79.9. The molecule has 0 spiro atoms. The lowest BCUT2D eigenvalue weighted by Gasteiger charge is -2.25. The van der Waals surface area contributed by atoms with Crippen molar-refractivity contribution in [2.75, 3.05) is 62.7 Å². The molecular weight excluding hydrogens is 671 g/mol. The number of phosphoric ester groups is 1. The van der Waals surface area contributed by atoms with Crippen LogP contribution in [0.5, 0.6) is 0 Å². The summed E-state index contributed by atoms with van der Waals surface area (Å²) in [4.78, 5) is 45.2. The summed E-state index contributed by atoms with van der Waals surface area (Å²) in [5, 5.41) is -0.0323. The molecule has 242 valence electrons. The Labute approximate surface area is 266 Å². The molecule has 3 N–H and O–H groups in total. The smallest absolute Gasteiger partial charge is 0.379 e. The third kappa shape index (κ3) is 13.8. The van der Waals surface area contributed by atoms with E-state index in [-0.39, 0.29) is 57.9 Å². The lowest BCUT2D eigenvalue weighted by molar-refractivity contribution is -0.118. The number of phosphoric acid groups is 1. The number of rotatable bonds is 17. The van der Waals surface area contributed by atoms with Gasteiger partial charge in [-0.25, -0.2) is 4.57 Å². The second-order valence-electron chi connectivity index (χ2n) is 11.6. The highest BCUT2D eigenvalue weighted by Gasteiger charge is 2.30. The normalized spacial score (nSPS) is 14.0. The summed E-state index contributed by atoms with van der Waals surface area (Å²) in [6.07, 6.45) is -0.0885. The van der Waals surface area contributed by atoms with Crippen molar-refractivity contribution in [2.24, 2.45) is 10.8 Å². The number of hydrogen-bond donors (Lipinski definition) is 2. The van der Waals surface area contributed by atoms with E-state index in [0.29, 0.717) is 24.3 Å². The van der Waals surface area contributed by atoms with Crippen LogP contribution < -0.4 is 16.2 Å². The van der Waals surface area contributed by atoms with Crippen molar-refractivity contribution in [3.8, 4) is 0 Å². The summed E-state index contributed by atoms with van der Waals surface area (Å²) in [6.45, 7) is 13.0. The van der Waals surface area contributed by atoms with E-state index in [9.17, 15) is 18.9 Å².